The van der Waals surface area contributed by atoms with E-state index in [2.05, 4.69) is 11.0 Å². The first-order valence-corrected chi connectivity index (χ1v) is 12.4. The molecule has 1 aliphatic heterocycles. The number of aliphatic carboxylic acids is 1. The summed E-state index contributed by atoms with van der Waals surface area (Å²) in [4.78, 5) is 13.0. The topological polar surface area (TPSA) is 70.0 Å². The lowest BCUT2D eigenvalue weighted by Crippen LogP contribution is -2.33. The number of carbonyl (C=O) groups is 1. The third kappa shape index (κ3) is 9.84. The highest BCUT2D eigenvalue weighted by Gasteiger charge is 2.22. The van der Waals surface area contributed by atoms with Crippen LogP contribution in [0.5, 0.6) is 0 Å². The maximum absolute atomic E-state index is 14.2. The van der Waals surface area contributed by atoms with Gasteiger partial charge in [0.25, 0.3) is 0 Å². The SMILES string of the molecule is CCC(OCC(O)CN1CCCC1)c1cc(F)cc(F)c1CCC(=O)O.Cc1ccc(C)c(Cl)c1. The summed E-state index contributed by atoms with van der Waals surface area (Å²) in [6.07, 6.45) is 1.15. The standard InChI is InChI=1S/C19H27F2NO4.C8H9Cl/c1-2-18(26-12-14(23)11-22-7-3-4-8-22)16-9-13(20)10-17(21)15(16)5-6-19(24)25;1-6-3-4-7(2)8(9)5-6/h9-10,14,18,23H,2-8,11-12H2,1H3,(H,24,25);3-5H,1-2H3. The van der Waals surface area contributed by atoms with Crippen LogP contribution in [0.1, 0.15) is 61.0 Å². The van der Waals surface area contributed by atoms with Gasteiger partial charge in [0, 0.05) is 24.1 Å². The van der Waals surface area contributed by atoms with E-state index in [0.29, 0.717) is 18.5 Å². The number of likely N-dealkylation sites (tertiary alicyclic amines) is 1. The van der Waals surface area contributed by atoms with Crippen LogP contribution in [0, 0.1) is 25.5 Å². The molecule has 2 aromatic rings. The van der Waals surface area contributed by atoms with Crippen LogP contribution in [0.25, 0.3) is 0 Å². The van der Waals surface area contributed by atoms with Gasteiger partial charge in [-0.1, -0.05) is 30.7 Å². The van der Waals surface area contributed by atoms with Gasteiger partial charge in [-0.25, -0.2) is 8.78 Å². The summed E-state index contributed by atoms with van der Waals surface area (Å²) in [5.74, 6) is -2.54. The van der Waals surface area contributed by atoms with Crippen molar-refractivity contribution in [3.63, 3.8) is 0 Å². The molecule has 0 radical (unpaired) electrons. The van der Waals surface area contributed by atoms with Crippen molar-refractivity contribution in [2.75, 3.05) is 26.2 Å². The van der Waals surface area contributed by atoms with Crippen LogP contribution in [0.3, 0.4) is 0 Å². The van der Waals surface area contributed by atoms with Crippen molar-refractivity contribution in [2.45, 2.75) is 65.1 Å². The first kappa shape index (κ1) is 29.2. The van der Waals surface area contributed by atoms with E-state index < -0.39 is 29.8 Å². The maximum Gasteiger partial charge on any atom is 0.303 e. The highest BCUT2D eigenvalue weighted by atomic mass is 35.5. The molecule has 0 saturated carbocycles. The van der Waals surface area contributed by atoms with Gasteiger partial charge in [-0.15, -0.1) is 0 Å². The number of hydrogen-bond acceptors (Lipinski definition) is 4. The maximum atomic E-state index is 14.2. The minimum Gasteiger partial charge on any atom is -0.481 e. The largest absolute Gasteiger partial charge is 0.481 e. The fourth-order valence-electron chi connectivity index (χ4n) is 4.07. The molecular weight excluding hydrogens is 476 g/mol. The molecule has 2 aromatic carbocycles. The third-order valence-electron chi connectivity index (χ3n) is 5.99. The average Bonchev–Trinajstić information content (AvgIpc) is 3.29. The Morgan fingerprint density at radius 1 is 1.17 bits per heavy atom. The quantitative estimate of drug-likeness (QED) is 0.418. The Labute approximate surface area is 211 Å². The van der Waals surface area contributed by atoms with E-state index in [1.807, 2.05) is 32.9 Å². The minimum absolute atomic E-state index is 0.0348. The Kier molecular flexibility index (Phi) is 12.1. The van der Waals surface area contributed by atoms with Crippen LogP contribution in [0.4, 0.5) is 8.78 Å². The number of carboxylic acids is 1. The summed E-state index contributed by atoms with van der Waals surface area (Å²) in [7, 11) is 0. The Hall–Kier alpha value is -2.06. The summed E-state index contributed by atoms with van der Waals surface area (Å²) in [5, 5.41) is 19.9. The van der Waals surface area contributed by atoms with Gasteiger partial charge in [-0.2, -0.15) is 0 Å². The Morgan fingerprint density at radius 3 is 2.43 bits per heavy atom. The summed E-state index contributed by atoms with van der Waals surface area (Å²) < 4.78 is 33.6. The van der Waals surface area contributed by atoms with Gasteiger partial charge in [0.15, 0.2) is 0 Å². The van der Waals surface area contributed by atoms with Gasteiger partial charge in [-0.3, -0.25) is 4.79 Å². The van der Waals surface area contributed by atoms with Crippen molar-refractivity contribution in [3.05, 3.63) is 69.2 Å². The molecule has 0 bridgehead atoms. The first-order chi connectivity index (χ1) is 16.6. The van der Waals surface area contributed by atoms with Crippen LogP contribution in [-0.4, -0.2) is 53.4 Å². The predicted octanol–water partition coefficient (Wildman–Crippen LogP) is 5.86. The molecule has 5 nitrogen and oxygen atoms in total. The normalized spacial score (nSPS) is 15.4. The fourth-order valence-corrected chi connectivity index (χ4v) is 4.31. The molecule has 1 fully saturated rings. The zero-order valence-electron chi connectivity index (χ0n) is 20.7. The van der Waals surface area contributed by atoms with Crippen molar-refractivity contribution in [1.29, 1.82) is 0 Å². The third-order valence-corrected chi connectivity index (χ3v) is 6.39. The van der Waals surface area contributed by atoms with Crippen LogP contribution >= 0.6 is 11.6 Å². The van der Waals surface area contributed by atoms with E-state index >= 15 is 0 Å². The lowest BCUT2D eigenvalue weighted by atomic mass is 9.96. The number of halogens is 3. The van der Waals surface area contributed by atoms with Crippen LogP contribution in [-0.2, 0) is 16.0 Å². The molecule has 194 valence electrons. The highest BCUT2D eigenvalue weighted by Crippen LogP contribution is 2.29. The van der Waals surface area contributed by atoms with E-state index in [-0.39, 0.29) is 25.0 Å². The number of benzene rings is 2. The number of hydrogen-bond donors (Lipinski definition) is 2. The molecule has 0 spiro atoms. The van der Waals surface area contributed by atoms with Gasteiger partial charge >= 0.3 is 5.97 Å². The summed E-state index contributed by atoms with van der Waals surface area (Å²) in [6, 6.07) is 8.01. The van der Waals surface area contributed by atoms with Crippen molar-refractivity contribution in [1.82, 2.24) is 4.90 Å². The van der Waals surface area contributed by atoms with E-state index in [4.69, 9.17) is 21.4 Å². The zero-order chi connectivity index (χ0) is 26.0. The predicted molar refractivity (Wildman–Crippen MR) is 134 cm³/mol. The second-order valence-electron chi connectivity index (χ2n) is 8.99. The number of β-amino-alcohol motifs (C(OH)–C–C–N with tert-alkyl or cyclic N) is 1. The molecule has 2 atom stereocenters. The van der Waals surface area contributed by atoms with Gasteiger partial charge in [0.1, 0.15) is 11.6 Å². The van der Waals surface area contributed by atoms with Crippen LogP contribution in [0.15, 0.2) is 30.3 Å². The number of ether oxygens (including phenoxy) is 1. The first-order valence-electron chi connectivity index (χ1n) is 12.0. The summed E-state index contributed by atoms with van der Waals surface area (Å²) >= 11 is 5.81. The molecule has 3 rings (SSSR count). The molecule has 0 aromatic heterocycles. The molecule has 8 heteroatoms. The van der Waals surface area contributed by atoms with Crippen molar-refractivity contribution < 1.29 is 28.5 Å². The fraction of sp³-hybridized carbons (Fsp3) is 0.519. The number of aryl methyl sites for hydroxylation is 2. The molecule has 1 saturated heterocycles. The Bertz CT molecular complexity index is 966. The van der Waals surface area contributed by atoms with E-state index in [0.717, 1.165) is 42.6 Å². The van der Waals surface area contributed by atoms with Gasteiger partial charge in [-0.05, 0) is 87.0 Å². The molecule has 1 heterocycles. The van der Waals surface area contributed by atoms with Crippen LogP contribution < -0.4 is 0 Å². The second-order valence-corrected chi connectivity index (χ2v) is 9.40. The minimum atomic E-state index is -1.05. The van der Waals surface area contributed by atoms with Crippen molar-refractivity contribution in [2.24, 2.45) is 0 Å². The van der Waals surface area contributed by atoms with Crippen molar-refractivity contribution >= 4 is 17.6 Å². The molecule has 0 amide bonds. The zero-order valence-corrected chi connectivity index (χ0v) is 21.5. The smallest absolute Gasteiger partial charge is 0.303 e. The van der Waals surface area contributed by atoms with Gasteiger partial charge in [0.2, 0.25) is 0 Å². The molecular formula is C27H36ClF2NO4. The van der Waals surface area contributed by atoms with Gasteiger partial charge in [0.05, 0.1) is 18.8 Å². The highest BCUT2D eigenvalue weighted by molar-refractivity contribution is 6.31. The van der Waals surface area contributed by atoms with Crippen molar-refractivity contribution in [3.8, 4) is 0 Å². The number of aliphatic hydroxyl groups is 1. The van der Waals surface area contributed by atoms with Crippen LogP contribution in [0.2, 0.25) is 5.02 Å². The number of aliphatic hydroxyl groups excluding tert-OH is 1. The van der Waals surface area contributed by atoms with E-state index in [1.165, 1.54) is 11.6 Å². The number of nitrogens with zero attached hydrogens (tertiary/aromatic N) is 1. The Morgan fingerprint density at radius 2 is 1.86 bits per heavy atom. The number of rotatable bonds is 10. The Balaban J connectivity index is 0.000000402. The molecule has 2 unspecified atom stereocenters. The molecule has 0 aliphatic carbocycles. The van der Waals surface area contributed by atoms with E-state index in [9.17, 15) is 18.7 Å². The summed E-state index contributed by atoms with van der Waals surface area (Å²) in [6.45, 7) is 8.35. The summed E-state index contributed by atoms with van der Waals surface area (Å²) in [5.41, 5.74) is 2.84. The lowest BCUT2D eigenvalue weighted by Gasteiger charge is -2.24. The lowest BCUT2D eigenvalue weighted by molar-refractivity contribution is -0.136. The molecule has 2 N–H and O–H groups in total. The average molecular weight is 512 g/mol. The number of carboxylic acid groups (broad SMARTS) is 1. The molecule has 35 heavy (non-hydrogen) atoms. The monoisotopic (exact) mass is 511 g/mol. The van der Waals surface area contributed by atoms with Gasteiger partial charge < -0.3 is 19.8 Å². The second kappa shape index (κ2) is 14.5. The van der Waals surface area contributed by atoms with E-state index in [1.54, 1.807) is 0 Å². The molecule has 1 aliphatic rings.